The van der Waals surface area contributed by atoms with Crippen molar-refractivity contribution in [2.75, 3.05) is 0 Å². The fraction of sp³-hybridized carbons (Fsp3) is 0. The third-order valence-electron chi connectivity index (χ3n) is 0.175. The lowest BCUT2D eigenvalue weighted by atomic mass is 11.5. The van der Waals surface area contributed by atoms with Crippen LogP contribution in [0.4, 0.5) is 4.79 Å². The summed E-state index contributed by atoms with van der Waals surface area (Å²) in [7, 11) is -3.28. The van der Waals surface area contributed by atoms with E-state index in [1.807, 2.05) is 0 Å². The van der Waals surface area contributed by atoms with Gasteiger partial charge < -0.3 is 14.3 Å². The molecule has 7 heavy (non-hydrogen) atoms. The smallest absolute Gasteiger partial charge is 0.511 e. The van der Waals surface area contributed by atoms with Crippen LogP contribution in [-0.2, 0) is 8.89 Å². The monoisotopic (exact) mass is 122 g/mol. The molecule has 0 bridgehead atoms. The SMILES string of the molecule is O=C(O)O[Si](=O)O. The number of carboxylic acid groups (broad SMARTS) is 1. The first-order chi connectivity index (χ1) is 3.13. The zero-order valence-corrected chi connectivity index (χ0v) is 4.12. The first-order valence-corrected chi connectivity index (χ1v) is 2.53. The van der Waals surface area contributed by atoms with E-state index in [4.69, 9.17) is 9.90 Å². The molecule has 0 aliphatic rings. The molecule has 0 unspecified atom stereocenters. The van der Waals surface area contributed by atoms with Crippen molar-refractivity contribution in [1.29, 1.82) is 0 Å². The van der Waals surface area contributed by atoms with Gasteiger partial charge in [-0.15, -0.1) is 0 Å². The summed E-state index contributed by atoms with van der Waals surface area (Å²) in [4.78, 5) is 16.9. The summed E-state index contributed by atoms with van der Waals surface area (Å²) in [6, 6.07) is 0. The average Bonchev–Trinajstić information content (AvgIpc) is 1.27. The molecular formula is CH2O5Si. The van der Waals surface area contributed by atoms with Crippen LogP contribution >= 0.6 is 0 Å². The van der Waals surface area contributed by atoms with Crippen molar-refractivity contribution in [3.05, 3.63) is 0 Å². The van der Waals surface area contributed by atoms with E-state index < -0.39 is 15.3 Å². The maximum absolute atomic E-state index is 9.39. The van der Waals surface area contributed by atoms with E-state index in [0.29, 0.717) is 0 Å². The molecule has 0 saturated heterocycles. The highest BCUT2D eigenvalue weighted by atomic mass is 28.3. The van der Waals surface area contributed by atoms with Crippen LogP contribution in [0.25, 0.3) is 0 Å². The van der Waals surface area contributed by atoms with Gasteiger partial charge in [-0.05, 0) is 0 Å². The van der Waals surface area contributed by atoms with Crippen molar-refractivity contribution < 1.29 is 23.6 Å². The van der Waals surface area contributed by atoms with Crippen LogP contribution in [0.2, 0.25) is 0 Å². The molecule has 6 heteroatoms. The number of hydrogen-bond acceptors (Lipinski definition) is 3. The molecule has 0 fully saturated rings. The van der Waals surface area contributed by atoms with Crippen molar-refractivity contribution in [1.82, 2.24) is 0 Å². The molecule has 0 radical (unpaired) electrons. The third-order valence-corrected chi connectivity index (χ3v) is 0.524. The summed E-state index contributed by atoms with van der Waals surface area (Å²) >= 11 is 0. The molecule has 0 aliphatic heterocycles. The third kappa shape index (κ3) is 5.09. The van der Waals surface area contributed by atoms with Gasteiger partial charge in [0.05, 0.1) is 0 Å². The zero-order valence-electron chi connectivity index (χ0n) is 3.12. The molecule has 40 valence electrons. The standard InChI is InChI=1S/CH2O5Si/c2-1(3)6-7(4)5/h4H,(H,2,3). The van der Waals surface area contributed by atoms with Crippen LogP contribution in [0.15, 0.2) is 0 Å². The summed E-state index contributed by atoms with van der Waals surface area (Å²) in [5.74, 6) is 0. The maximum Gasteiger partial charge on any atom is 0.774 e. The highest BCUT2D eigenvalue weighted by molar-refractivity contribution is 6.27. The maximum atomic E-state index is 9.39. The predicted molar refractivity (Wildman–Crippen MR) is 17.8 cm³/mol. The van der Waals surface area contributed by atoms with E-state index in [1.165, 1.54) is 0 Å². The number of carbonyl (C=O) groups is 1. The van der Waals surface area contributed by atoms with Crippen molar-refractivity contribution >= 4 is 15.3 Å². The molecule has 0 rings (SSSR count). The van der Waals surface area contributed by atoms with Gasteiger partial charge >= 0.3 is 15.3 Å². The predicted octanol–water partition coefficient (Wildman–Crippen LogP) is -0.911. The first kappa shape index (κ1) is 6.09. The topological polar surface area (TPSA) is 83.8 Å². The van der Waals surface area contributed by atoms with Crippen LogP contribution in [0.3, 0.4) is 0 Å². The quantitative estimate of drug-likeness (QED) is 0.440. The van der Waals surface area contributed by atoms with Crippen molar-refractivity contribution in [3.8, 4) is 0 Å². The first-order valence-electron chi connectivity index (χ1n) is 1.26. The molecule has 5 nitrogen and oxygen atoms in total. The van der Waals surface area contributed by atoms with Crippen molar-refractivity contribution in [2.24, 2.45) is 0 Å². The Morgan fingerprint density at radius 2 is 2.14 bits per heavy atom. The van der Waals surface area contributed by atoms with E-state index in [0.717, 1.165) is 0 Å². The fourth-order valence-corrected chi connectivity index (χ4v) is 0.224. The highest BCUT2D eigenvalue weighted by Crippen LogP contribution is 1.68. The van der Waals surface area contributed by atoms with Gasteiger partial charge in [0, 0.05) is 0 Å². The Balaban J connectivity index is 3.32. The van der Waals surface area contributed by atoms with Gasteiger partial charge in [-0.25, -0.2) is 4.79 Å². The van der Waals surface area contributed by atoms with Gasteiger partial charge in [-0.2, -0.15) is 0 Å². The van der Waals surface area contributed by atoms with Gasteiger partial charge in [0.25, 0.3) is 0 Å². The Bertz CT molecular complexity index is 84.3. The summed E-state index contributed by atoms with van der Waals surface area (Å²) in [5, 5.41) is 7.53. The summed E-state index contributed by atoms with van der Waals surface area (Å²) in [6.45, 7) is 0. The normalized spacial score (nSPS) is 7.43. The molecule has 0 amide bonds. The molecule has 0 aromatic heterocycles. The second-order valence-corrected chi connectivity index (χ2v) is 1.37. The Morgan fingerprint density at radius 1 is 1.71 bits per heavy atom. The number of hydrogen-bond donors (Lipinski definition) is 2. The fourth-order valence-electron chi connectivity index (χ4n) is 0.0747. The Labute approximate surface area is 40.1 Å². The van der Waals surface area contributed by atoms with E-state index in [-0.39, 0.29) is 0 Å². The second-order valence-electron chi connectivity index (χ2n) is 0.634. The molecule has 2 N–H and O–H groups in total. The zero-order chi connectivity index (χ0) is 5.86. The van der Waals surface area contributed by atoms with Gasteiger partial charge in [-0.1, -0.05) is 0 Å². The van der Waals surface area contributed by atoms with Crippen LogP contribution < -0.4 is 0 Å². The summed E-state index contributed by atoms with van der Waals surface area (Å²) < 4.78 is 12.7. The highest BCUT2D eigenvalue weighted by Gasteiger charge is 2.08. The van der Waals surface area contributed by atoms with Gasteiger partial charge in [0.2, 0.25) is 0 Å². The van der Waals surface area contributed by atoms with Crippen LogP contribution in [-0.4, -0.2) is 25.2 Å². The Morgan fingerprint density at radius 3 is 2.14 bits per heavy atom. The molecular weight excluding hydrogens is 120 g/mol. The van der Waals surface area contributed by atoms with E-state index in [9.17, 15) is 9.26 Å². The van der Waals surface area contributed by atoms with Crippen LogP contribution in [0.5, 0.6) is 0 Å². The summed E-state index contributed by atoms with van der Waals surface area (Å²) in [6.07, 6.45) is -1.73. The van der Waals surface area contributed by atoms with Crippen LogP contribution in [0.1, 0.15) is 0 Å². The van der Waals surface area contributed by atoms with Gasteiger partial charge in [0.1, 0.15) is 0 Å². The summed E-state index contributed by atoms with van der Waals surface area (Å²) in [5.41, 5.74) is 0. The minimum absolute atomic E-state index is 1.73. The lowest BCUT2D eigenvalue weighted by Gasteiger charge is -1.83. The molecule has 0 atom stereocenters. The Kier molecular flexibility index (Phi) is 1.99. The van der Waals surface area contributed by atoms with Crippen molar-refractivity contribution in [3.63, 3.8) is 0 Å². The Hall–Kier alpha value is -0.913. The van der Waals surface area contributed by atoms with Crippen LogP contribution in [0, 0.1) is 0 Å². The molecule has 0 aromatic rings. The molecule has 0 saturated carbocycles. The second kappa shape index (κ2) is 2.29. The molecule has 0 heterocycles. The minimum atomic E-state index is -3.28. The lowest BCUT2D eigenvalue weighted by Crippen LogP contribution is -2.10. The van der Waals surface area contributed by atoms with E-state index >= 15 is 0 Å². The number of rotatable bonds is 1. The molecule has 0 spiro atoms. The largest absolute Gasteiger partial charge is 0.774 e. The van der Waals surface area contributed by atoms with Gasteiger partial charge in [0.15, 0.2) is 0 Å². The van der Waals surface area contributed by atoms with Gasteiger partial charge in [-0.3, -0.25) is 4.46 Å². The molecule has 0 aliphatic carbocycles. The lowest BCUT2D eigenvalue weighted by molar-refractivity contribution is 0.130. The van der Waals surface area contributed by atoms with E-state index in [2.05, 4.69) is 4.43 Å². The van der Waals surface area contributed by atoms with E-state index in [1.54, 1.807) is 0 Å². The molecule has 0 aromatic carbocycles. The van der Waals surface area contributed by atoms with Crippen molar-refractivity contribution in [2.45, 2.75) is 0 Å². The minimum Gasteiger partial charge on any atom is -0.511 e. The average molecular weight is 122 g/mol.